The third-order valence-electron chi connectivity index (χ3n) is 2.77. The van der Waals surface area contributed by atoms with Crippen LogP contribution in [0.4, 0.5) is 11.6 Å². The van der Waals surface area contributed by atoms with Crippen LogP contribution in [-0.2, 0) is 0 Å². The SMILES string of the molecule is CSc1nc(NN)cc(NC(C)c2ccc(Br)cc2)n1. The summed E-state index contributed by atoms with van der Waals surface area (Å²) in [5, 5.41) is 4.02. The molecule has 0 spiro atoms. The van der Waals surface area contributed by atoms with Crippen molar-refractivity contribution in [1.82, 2.24) is 9.97 Å². The molecule has 106 valence electrons. The lowest BCUT2D eigenvalue weighted by molar-refractivity contribution is 0.855. The number of halogens is 1. The first-order chi connectivity index (χ1) is 9.62. The number of hydrogen-bond donors (Lipinski definition) is 3. The van der Waals surface area contributed by atoms with E-state index in [2.05, 4.69) is 55.7 Å². The minimum atomic E-state index is 0.137. The Morgan fingerprint density at radius 3 is 2.45 bits per heavy atom. The second kappa shape index (κ2) is 6.92. The quantitative estimate of drug-likeness (QED) is 0.331. The molecule has 2 aromatic rings. The van der Waals surface area contributed by atoms with Crippen LogP contribution in [0.5, 0.6) is 0 Å². The van der Waals surface area contributed by atoms with Gasteiger partial charge in [0, 0.05) is 16.6 Å². The number of thioether (sulfide) groups is 1. The lowest BCUT2D eigenvalue weighted by Crippen LogP contribution is -2.12. The number of nitrogens with two attached hydrogens (primary N) is 1. The van der Waals surface area contributed by atoms with Crippen molar-refractivity contribution in [3.05, 3.63) is 40.4 Å². The van der Waals surface area contributed by atoms with E-state index < -0.39 is 0 Å². The van der Waals surface area contributed by atoms with Gasteiger partial charge in [0.1, 0.15) is 11.6 Å². The van der Waals surface area contributed by atoms with E-state index in [1.165, 1.54) is 17.3 Å². The minimum absolute atomic E-state index is 0.137. The first-order valence-electron chi connectivity index (χ1n) is 6.04. The number of nitrogen functional groups attached to an aromatic ring is 1. The molecule has 0 saturated heterocycles. The smallest absolute Gasteiger partial charge is 0.191 e. The van der Waals surface area contributed by atoms with Crippen molar-refractivity contribution in [2.45, 2.75) is 18.1 Å². The first kappa shape index (κ1) is 15.1. The number of anilines is 2. The predicted molar refractivity (Wildman–Crippen MR) is 87.8 cm³/mol. The van der Waals surface area contributed by atoms with Gasteiger partial charge in [-0.1, -0.05) is 39.8 Å². The van der Waals surface area contributed by atoms with Crippen molar-refractivity contribution in [1.29, 1.82) is 0 Å². The molecular weight excluding hydrogens is 338 g/mol. The number of rotatable bonds is 5. The maximum atomic E-state index is 5.42. The molecule has 1 heterocycles. The lowest BCUT2D eigenvalue weighted by Gasteiger charge is -2.16. The molecule has 7 heteroatoms. The average Bonchev–Trinajstić information content (AvgIpc) is 2.47. The summed E-state index contributed by atoms with van der Waals surface area (Å²) in [7, 11) is 0. The molecule has 1 aromatic heterocycles. The zero-order valence-corrected chi connectivity index (χ0v) is 13.6. The molecule has 1 aromatic carbocycles. The summed E-state index contributed by atoms with van der Waals surface area (Å²) in [4.78, 5) is 8.65. The Kier molecular flexibility index (Phi) is 5.22. The van der Waals surface area contributed by atoms with Gasteiger partial charge in [-0.05, 0) is 30.9 Å². The van der Waals surface area contributed by atoms with Gasteiger partial charge >= 0.3 is 0 Å². The summed E-state index contributed by atoms with van der Waals surface area (Å²) >= 11 is 4.91. The van der Waals surface area contributed by atoms with Gasteiger partial charge in [0.05, 0.1) is 0 Å². The summed E-state index contributed by atoms with van der Waals surface area (Å²) in [5.41, 5.74) is 3.73. The third kappa shape index (κ3) is 3.84. The van der Waals surface area contributed by atoms with Gasteiger partial charge in [-0.15, -0.1) is 0 Å². The van der Waals surface area contributed by atoms with E-state index in [9.17, 15) is 0 Å². The Morgan fingerprint density at radius 2 is 1.85 bits per heavy atom. The molecule has 0 amide bonds. The second-order valence-electron chi connectivity index (χ2n) is 4.19. The van der Waals surface area contributed by atoms with Crippen LogP contribution < -0.4 is 16.6 Å². The van der Waals surface area contributed by atoms with E-state index in [1.54, 1.807) is 6.07 Å². The highest BCUT2D eigenvalue weighted by Gasteiger charge is 2.08. The zero-order valence-electron chi connectivity index (χ0n) is 11.2. The van der Waals surface area contributed by atoms with Crippen LogP contribution in [0.25, 0.3) is 0 Å². The van der Waals surface area contributed by atoms with Crippen molar-refractivity contribution in [3.8, 4) is 0 Å². The van der Waals surface area contributed by atoms with Crippen LogP contribution in [-0.4, -0.2) is 16.2 Å². The van der Waals surface area contributed by atoms with Crippen LogP contribution in [0.2, 0.25) is 0 Å². The maximum absolute atomic E-state index is 5.42. The highest BCUT2D eigenvalue weighted by molar-refractivity contribution is 9.10. The van der Waals surface area contributed by atoms with Gasteiger partial charge in [-0.2, -0.15) is 0 Å². The van der Waals surface area contributed by atoms with Gasteiger partial charge in [0.25, 0.3) is 0 Å². The molecule has 5 nitrogen and oxygen atoms in total. The van der Waals surface area contributed by atoms with E-state index in [0.717, 1.165) is 10.3 Å². The Balaban J connectivity index is 2.18. The predicted octanol–water partition coefficient (Wildman–Crippen LogP) is 3.42. The van der Waals surface area contributed by atoms with E-state index >= 15 is 0 Å². The number of nitrogens with zero attached hydrogens (tertiary/aromatic N) is 2. The normalized spacial score (nSPS) is 12.0. The summed E-state index contributed by atoms with van der Waals surface area (Å²) in [6.07, 6.45) is 1.93. The van der Waals surface area contributed by atoms with Crippen LogP contribution in [0.15, 0.2) is 40.0 Å². The standard InChI is InChI=1S/C13H16BrN5S/c1-8(9-3-5-10(14)6-4-9)16-11-7-12(19-15)18-13(17-11)20-2/h3-8H,15H2,1-2H3,(H2,16,17,18,19). The van der Waals surface area contributed by atoms with Crippen molar-refractivity contribution >= 4 is 39.3 Å². The molecule has 0 saturated carbocycles. The van der Waals surface area contributed by atoms with E-state index in [4.69, 9.17) is 5.84 Å². The van der Waals surface area contributed by atoms with E-state index in [0.29, 0.717) is 11.0 Å². The Morgan fingerprint density at radius 1 is 1.20 bits per heavy atom. The van der Waals surface area contributed by atoms with Crippen LogP contribution >= 0.6 is 27.7 Å². The molecule has 1 atom stereocenters. The number of nitrogens with one attached hydrogen (secondary N) is 2. The molecule has 0 aliphatic heterocycles. The highest BCUT2D eigenvalue weighted by atomic mass is 79.9. The molecule has 2 rings (SSSR count). The monoisotopic (exact) mass is 353 g/mol. The Hall–Kier alpha value is -1.31. The fourth-order valence-electron chi connectivity index (χ4n) is 1.72. The summed E-state index contributed by atoms with van der Waals surface area (Å²) in [6.45, 7) is 2.08. The largest absolute Gasteiger partial charge is 0.363 e. The van der Waals surface area contributed by atoms with Gasteiger partial charge < -0.3 is 10.7 Å². The third-order valence-corrected chi connectivity index (χ3v) is 3.85. The Labute approximate surface area is 130 Å². The van der Waals surface area contributed by atoms with Crippen LogP contribution in [0, 0.1) is 0 Å². The molecule has 4 N–H and O–H groups in total. The van der Waals surface area contributed by atoms with Crippen molar-refractivity contribution < 1.29 is 0 Å². The molecule has 0 aliphatic carbocycles. The zero-order chi connectivity index (χ0) is 14.5. The van der Waals surface area contributed by atoms with Gasteiger partial charge in [-0.3, -0.25) is 0 Å². The molecule has 0 bridgehead atoms. The summed E-state index contributed by atoms with van der Waals surface area (Å²) < 4.78 is 1.06. The van der Waals surface area contributed by atoms with Crippen molar-refractivity contribution in [2.24, 2.45) is 5.84 Å². The number of aromatic nitrogens is 2. The minimum Gasteiger partial charge on any atom is -0.363 e. The van der Waals surface area contributed by atoms with Gasteiger partial charge in [-0.25, -0.2) is 15.8 Å². The second-order valence-corrected chi connectivity index (χ2v) is 5.88. The van der Waals surface area contributed by atoms with Gasteiger partial charge in [0.15, 0.2) is 5.16 Å². The van der Waals surface area contributed by atoms with Gasteiger partial charge in [0.2, 0.25) is 0 Å². The van der Waals surface area contributed by atoms with E-state index in [1.807, 2.05) is 18.4 Å². The molecule has 20 heavy (non-hydrogen) atoms. The van der Waals surface area contributed by atoms with Crippen molar-refractivity contribution in [2.75, 3.05) is 17.0 Å². The topological polar surface area (TPSA) is 75.9 Å². The maximum Gasteiger partial charge on any atom is 0.191 e. The lowest BCUT2D eigenvalue weighted by atomic mass is 10.1. The van der Waals surface area contributed by atoms with Crippen molar-refractivity contribution in [3.63, 3.8) is 0 Å². The average molecular weight is 354 g/mol. The molecule has 0 aliphatic rings. The van der Waals surface area contributed by atoms with Crippen LogP contribution in [0.1, 0.15) is 18.5 Å². The fourth-order valence-corrected chi connectivity index (χ4v) is 2.36. The summed E-state index contributed by atoms with van der Waals surface area (Å²) in [5.74, 6) is 6.75. The first-order valence-corrected chi connectivity index (χ1v) is 8.06. The highest BCUT2D eigenvalue weighted by Crippen LogP contribution is 2.22. The Bertz CT molecular complexity index is 553. The molecule has 0 fully saturated rings. The number of hydrazine groups is 1. The molecular formula is C13H16BrN5S. The summed E-state index contributed by atoms with van der Waals surface area (Å²) in [6, 6.07) is 10.1. The van der Waals surface area contributed by atoms with E-state index in [-0.39, 0.29) is 6.04 Å². The molecule has 0 radical (unpaired) electrons. The molecule has 1 unspecified atom stereocenters. The van der Waals surface area contributed by atoms with Crippen LogP contribution in [0.3, 0.4) is 0 Å². The fraction of sp³-hybridized carbons (Fsp3) is 0.231. The number of hydrogen-bond acceptors (Lipinski definition) is 6. The number of benzene rings is 1.